The van der Waals surface area contributed by atoms with Crippen molar-refractivity contribution < 1.29 is 23.9 Å². The minimum atomic E-state index is -1.42. The van der Waals surface area contributed by atoms with Gasteiger partial charge in [-0.1, -0.05) is 25.5 Å². The minimum Gasteiger partial charge on any atom is -0.382 e. The Kier molecular flexibility index (Phi) is 8.83. The molecule has 1 aromatic carbocycles. The normalized spacial score (nSPS) is 14.0. The number of benzene rings is 1. The van der Waals surface area contributed by atoms with E-state index in [1.54, 1.807) is 0 Å². The van der Waals surface area contributed by atoms with Crippen LogP contribution >= 0.6 is 0 Å². The molecule has 0 aliphatic heterocycles. The fourth-order valence-corrected chi connectivity index (χ4v) is 2.37. The summed E-state index contributed by atoms with van der Waals surface area (Å²) in [4.78, 5) is 37.7. The molecule has 0 heterocycles. The predicted octanol–water partition coefficient (Wildman–Crippen LogP) is -0.324. The van der Waals surface area contributed by atoms with Crippen LogP contribution in [-0.2, 0) is 14.4 Å². The van der Waals surface area contributed by atoms with Gasteiger partial charge < -0.3 is 26.4 Å². The van der Waals surface area contributed by atoms with E-state index < -0.39 is 48.3 Å². The summed E-state index contributed by atoms with van der Waals surface area (Å²) in [5.41, 5.74) is 6.09. The molecular formula is C18H27FN4O4. The second-order valence-electron chi connectivity index (χ2n) is 6.40. The van der Waals surface area contributed by atoms with Gasteiger partial charge >= 0.3 is 0 Å². The Hall–Kier alpha value is -2.52. The molecule has 150 valence electrons. The zero-order chi connectivity index (χ0) is 20.6. The van der Waals surface area contributed by atoms with Crippen LogP contribution in [0.25, 0.3) is 0 Å². The molecule has 0 aliphatic rings. The highest BCUT2D eigenvalue weighted by Crippen LogP contribution is 2.15. The lowest BCUT2D eigenvalue weighted by atomic mass is 10.1. The van der Waals surface area contributed by atoms with Gasteiger partial charge in [-0.15, -0.1) is 0 Å². The molecule has 3 atom stereocenters. The van der Waals surface area contributed by atoms with E-state index in [0.29, 0.717) is 18.4 Å². The van der Waals surface area contributed by atoms with Crippen molar-refractivity contribution in [3.63, 3.8) is 0 Å². The smallest absolute Gasteiger partial charge is 0.250 e. The molecule has 0 fully saturated rings. The molecule has 1 aromatic rings. The summed E-state index contributed by atoms with van der Waals surface area (Å²) in [5.74, 6) is -2.27. The number of hydrogen-bond donors (Lipinski definition) is 4. The first kappa shape index (κ1) is 22.5. The van der Waals surface area contributed by atoms with Gasteiger partial charge in [0.1, 0.15) is 18.0 Å². The zero-order valence-electron chi connectivity index (χ0n) is 15.7. The van der Waals surface area contributed by atoms with Gasteiger partial charge in [0.05, 0.1) is 6.54 Å². The topological polar surface area (TPSA) is 125 Å². The maximum atomic E-state index is 13.1. The third-order valence-corrected chi connectivity index (χ3v) is 3.92. The first-order chi connectivity index (χ1) is 12.7. The molecule has 0 saturated heterocycles. The Morgan fingerprint density at radius 2 is 1.81 bits per heavy atom. The third kappa shape index (κ3) is 6.95. The summed E-state index contributed by atoms with van der Waals surface area (Å²) in [5, 5.41) is 14.6. The van der Waals surface area contributed by atoms with Crippen LogP contribution in [0.5, 0.6) is 0 Å². The van der Waals surface area contributed by atoms with E-state index in [-0.39, 0.29) is 0 Å². The van der Waals surface area contributed by atoms with E-state index in [1.165, 1.54) is 43.3 Å². The minimum absolute atomic E-state index is 0.403. The van der Waals surface area contributed by atoms with Crippen LogP contribution in [0.4, 0.5) is 4.39 Å². The van der Waals surface area contributed by atoms with Gasteiger partial charge in [0, 0.05) is 20.1 Å². The molecule has 8 nitrogen and oxygen atoms in total. The highest BCUT2D eigenvalue weighted by atomic mass is 19.1. The Morgan fingerprint density at radius 3 is 2.33 bits per heavy atom. The number of aliphatic hydroxyl groups excluding tert-OH is 1. The number of rotatable bonds is 9. The molecule has 27 heavy (non-hydrogen) atoms. The Bertz CT molecular complexity index is 651. The first-order valence-corrected chi connectivity index (χ1v) is 8.64. The van der Waals surface area contributed by atoms with Crippen LogP contribution in [0.1, 0.15) is 31.4 Å². The summed E-state index contributed by atoms with van der Waals surface area (Å²) in [6.07, 6.45) is -0.253. The number of nitrogens with one attached hydrogen (secondary N) is 2. The number of carbonyl (C=O) groups is 3. The van der Waals surface area contributed by atoms with Crippen molar-refractivity contribution >= 4 is 17.7 Å². The average molecular weight is 382 g/mol. The molecule has 2 unspecified atom stereocenters. The Morgan fingerprint density at radius 1 is 1.22 bits per heavy atom. The molecule has 0 radical (unpaired) electrons. The van der Waals surface area contributed by atoms with Crippen molar-refractivity contribution in [2.45, 2.75) is 38.0 Å². The Balaban J connectivity index is 2.73. The highest BCUT2D eigenvalue weighted by molar-refractivity contribution is 5.91. The number of hydrogen-bond acceptors (Lipinski definition) is 5. The maximum absolute atomic E-state index is 13.1. The number of halogens is 1. The monoisotopic (exact) mass is 382 g/mol. The maximum Gasteiger partial charge on any atom is 0.250 e. The predicted molar refractivity (Wildman–Crippen MR) is 97.9 cm³/mol. The van der Waals surface area contributed by atoms with E-state index in [9.17, 15) is 23.9 Å². The van der Waals surface area contributed by atoms with E-state index in [4.69, 9.17) is 5.73 Å². The number of amides is 3. The van der Waals surface area contributed by atoms with Crippen LogP contribution < -0.4 is 16.4 Å². The fraction of sp³-hybridized carbons (Fsp3) is 0.500. The SMILES string of the molecule is CCC[C@H](N)C(O)C(=O)NCC(=O)NC(C(=O)N(C)C)c1ccc(F)cc1. The molecule has 5 N–H and O–H groups in total. The van der Waals surface area contributed by atoms with Gasteiger partial charge in [0.25, 0.3) is 5.91 Å². The lowest BCUT2D eigenvalue weighted by Gasteiger charge is -2.22. The van der Waals surface area contributed by atoms with Crippen molar-refractivity contribution in [1.29, 1.82) is 0 Å². The molecule has 0 saturated carbocycles. The molecule has 0 bridgehead atoms. The lowest BCUT2D eigenvalue weighted by Crippen LogP contribution is -2.49. The molecule has 0 aromatic heterocycles. The van der Waals surface area contributed by atoms with Crippen LogP contribution in [0, 0.1) is 5.82 Å². The molecule has 9 heteroatoms. The number of nitrogens with zero attached hydrogens (tertiary/aromatic N) is 1. The van der Waals surface area contributed by atoms with Gasteiger partial charge in [0.15, 0.2) is 0 Å². The van der Waals surface area contributed by atoms with Crippen LogP contribution in [-0.4, -0.2) is 60.5 Å². The largest absolute Gasteiger partial charge is 0.382 e. The average Bonchev–Trinajstić information content (AvgIpc) is 2.63. The van der Waals surface area contributed by atoms with E-state index >= 15 is 0 Å². The van der Waals surface area contributed by atoms with Gasteiger partial charge in [-0.25, -0.2) is 4.39 Å². The van der Waals surface area contributed by atoms with Crippen molar-refractivity contribution in [3.05, 3.63) is 35.6 Å². The second-order valence-corrected chi connectivity index (χ2v) is 6.40. The standard InChI is InChI=1S/C18H27FN4O4/c1-4-5-13(20)16(25)17(26)21-10-14(24)22-15(18(27)23(2)3)11-6-8-12(19)9-7-11/h6-9,13,15-16,25H,4-5,10,20H2,1-3H3,(H,21,26)(H,22,24)/t13-,15?,16?/m0/s1. The second kappa shape index (κ2) is 10.6. The van der Waals surface area contributed by atoms with E-state index in [0.717, 1.165) is 0 Å². The number of likely N-dealkylation sites (N-methyl/N-ethyl adjacent to an activating group) is 1. The van der Waals surface area contributed by atoms with Crippen LogP contribution in [0.2, 0.25) is 0 Å². The number of aliphatic hydroxyl groups is 1. The summed E-state index contributed by atoms with van der Waals surface area (Å²) in [6.45, 7) is 1.43. The summed E-state index contributed by atoms with van der Waals surface area (Å²) in [6, 6.07) is 3.41. The van der Waals surface area contributed by atoms with E-state index in [2.05, 4.69) is 10.6 Å². The molecule has 3 amide bonds. The fourth-order valence-electron chi connectivity index (χ4n) is 2.37. The number of nitrogens with two attached hydrogens (primary N) is 1. The van der Waals surface area contributed by atoms with Gasteiger partial charge in [0.2, 0.25) is 11.8 Å². The van der Waals surface area contributed by atoms with Crippen LogP contribution in [0.3, 0.4) is 0 Å². The summed E-state index contributed by atoms with van der Waals surface area (Å²) < 4.78 is 13.1. The first-order valence-electron chi connectivity index (χ1n) is 8.64. The highest BCUT2D eigenvalue weighted by Gasteiger charge is 2.26. The molecule has 0 spiro atoms. The molecule has 0 aliphatic carbocycles. The van der Waals surface area contributed by atoms with Gasteiger partial charge in [-0.2, -0.15) is 0 Å². The van der Waals surface area contributed by atoms with Crippen molar-refractivity contribution in [1.82, 2.24) is 15.5 Å². The van der Waals surface area contributed by atoms with Crippen LogP contribution in [0.15, 0.2) is 24.3 Å². The molecule has 1 rings (SSSR count). The van der Waals surface area contributed by atoms with Crippen molar-refractivity contribution in [2.24, 2.45) is 5.73 Å². The summed E-state index contributed by atoms with van der Waals surface area (Å²) >= 11 is 0. The van der Waals surface area contributed by atoms with Gasteiger partial charge in [-0.3, -0.25) is 14.4 Å². The van der Waals surface area contributed by atoms with Crippen molar-refractivity contribution in [3.8, 4) is 0 Å². The van der Waals surface area contributed by atoms with Crippen molar-refractivity contribution in [2.75, 3.05) is 20.6 Å². The third-order valence-electron chi connectivity index (χ3n) is 3.92. The van der Waals surface area contributed by atoms with Gasteiger partial charge in [-0.05, 0) is 24.1 Å². The zero-order valence-corrected chi connectivity index (χ0v) is 15.7. The van der Waals surface area contributed by atoms with E-state index in [1.807, 2.05) is 6.92 Å². The Labute approximate surface area is 157 Å². The summed E-state index contributed by atoms with van der Waals surface area (Å²) in [7, 11) is 3.05. The molecular weight excluding hydrogens is 355 g/mol. The lowest BCUT2D eigenvalue weighted by molar-refractivity contribution is -0.135. The number of carbonyl (C=O) groups excluding carboxylic acids is 3. The quantitative estimate of drug-likeness (QED) is 0.466.